The molecule has 4 atom stereocenters. The highest BCUT2D eigenvalue weighted by Gasteiger charge is 2.60. The van der Waals surface area contributed by atoms with Crippen LogP contribution in [0.1, 0.15) is 32.1 Å². The Morgan fingerprint density at radius 1 is 1.43 bits per heavy atom. The zero-order chi connectivity index (χ0) is 9.97. The van der Waals surface area contributed by atoms with Crippen molar-refractivity contribution in [1.29, 1.82) is 0 Å². The van der Waals surface area contributed by atoms with Crippen LogP contribution in [0.15, 0.2) is 0 Å². The maximum Gasteiger partial charge on any atom is 0.224 e. The van der Waals surface area contributed by atoms with Crippen LogP contribution in [0.2, 0.25) is 0 Å². The third-order valence-electron chi connectivity index (χ3n) is 4.25. The Labute approximate surface area is 83.0 Å². The minimum Gasteiger partial charge on any atom is -0.369 e. The molecule has 0 aromatic carbocycles. The fraction of sp³-hybridized carbons (Fsp3) is 0.818. The SMILES string of the molecule is NC(=O)C12[CH]C3CC(CC(F)(C3)C1)C2. The Morgan fingerprint density at radius 2 is 2.21 bits per heavy atom. The molecule has 0 spiro atoms. The smallest absolute Gasteiger partial charge is 0.224 e. The highest BCUT2D eigenvalue weighted by atomic mass is 19.1. The summed E-state index contributed by atoms with van der Waals surface area (Å²) in [7, 11) is 0. The van der Waals surface area contributed by atoms with Crippen molar-refractivity contribution in [2.45, 2.75) is 37.8 Å². The maximum absolute atomic E-state index is 14.3. The van der Waals surface area contributed by atoms with E-state index < -0.39 is 11.1 Å². The van der Waals surface area contributed by atoms with E-state index in [1.807, 2.05) is 6.42 Å². The summed E-state index contributed by atoms with van der Waals surface area (Å²) >= 11 is 0. The summed E-state index contributed by atoms with van der Waals surface area (Å²) in [5, 5.41) is 0. The Hall–Kier alpha value is -0.600. The van der Waals surface area contributed by atoms with Gasteiger partial charge >= 0.3 is 0 Å². The van der Waals surface area contributed by atoms with Crippen molar-refractivity contribution in [3.05, 3.63) is 6.42 Å². The first-order valence-electron chi connectivity index (χ1n) is 5.36. The molecule has 4 bridgehead atoms. The quantitative estimate of drug-likeness (QED) is 0.680. The van der Waals surface area contributed by atoms with Crippen molar-refractivity contribution < 1.29 is 9.18 Å². The van der Waals surface area contributed by atoms with E-state index in [0.29, 0.717) is 31.1 Å². The molecule has 14 heavy (non-hydrogen) atoms. The van der Waals surface area contributed by atoms with E-state index in [1.54, 1.807) is 0 Å². The normalized spacial score (nSPS) is 54.9. The Balaban J connectivity index is 2.00. The molecule has 3 heteroatoms. The standard InChI is InChI=1S/C11H15FNO/c12-11-4-7-1-8(5-11)3-10(2-7,6-11)9(13)14/h2,7-8H,1,3-6H2,(H2,13,14). The number of amides is 1. The molecular weight excluding hydrogens is 181 g/mol. The van der Waals surface area contributed by atoms with Crippen LogP contribution in [0.5, 0.6) is 0 Å². The second-order valence-electron chi connectivity index (χ2n) is 5.49. The summed E-state index contributed by atoms with van der Waals surface area (Å²) < 4.78 is 14.3. The molecule has 0 aromatic rings. The number of halogens is 1. The van der Waals surface area contributed by atoms with Gasteiger partial charge in [0.1, 0.15) is 5.67 Å². The summed E-state index contributed by atoms with van der Waals surface area (Å²) in [6, 6.07) is 0. The predicted octanol–water partition coefficient (Wildman–Crippen LogP) is 1.59. The summed E-state index contributed by atoms with van der Waals surface area (Å²) in [6.07, 6.45) is 5.54. The van der Waals surface area contributed by atoms with Crippen LogP contribution < -0.4 is 5.73 Å². The fourth-order valence-electron chi connectivity index (χ4n) is 4.09. The zero-order valence-electron chi connectivity index (χ0n) is 8.13. The van der Waals surface area contributed by atoms with Crippen LogP contribution >= 0.6 is 0 Å². The minimum atomic E-state index is -1.09. The van der Waals surface area contributed by atoms with E-state index in [-0.39, 0.29) is 5.91 Å². The maximum atomic E-state index is 14.3. The Kier molecular flexibility index (Phi) is 1.43. The van der Waals surface area contributed by atoms with Crippen LogP contribution in [0.3, 0.4) is 0 Å². The van der Waals surface area contributed by atoms with Crippen LogP contribution in [0, 0.1) is 23.7 Å². The molecule has 4 fully saturated rings. The molecule has 77 valence electrons. The van der Waals surface area contributed by atoms with Gasteiger partial charge in [-0.3, -0.25) is 4.79 Å². The molecule has 4 aliphatic carbocycles. The topological polar surface area (TPSA) is 43.1 Å². The van der Waals surface area contributed by atoms with Gasteiger partial charge in [0.05, 0.1) is 5.41 Å². The van der Waals surface area contributed by atoms with Gasteiger partial charge in [-0.25, -0.2) is 4.39 Å². The van der Waals surface area contributed by atoms with E-state index in [4.69, 9.17) is 5.73 Å². The lowest BCUT2D eigenvalue weighted by Gasteiger charge is -2.57. The molecule has 2 N–H and O–H groups in total. The molecule has 0 aliphatic heterocycles. The van der Waals surface area contributed by atoms with Crippen molar-refractivity contribution in [2.24, 2.45) is 23.0 Å². The Morgan fingerprint density at radius 3 is 2.79 bits per heavy atom. The van der Waals surface area contributed by atoms with Gasteiger partial charge in [0.15, 0.2) is 0 Å². The van der Waals surface area contributed by atoms with E-state index in [2.05, 4.69) is 0 Å². The van der Waals surface area contributed by atoms with Crippen molar-refractivity contribution in [3.8, 4) is 0 Å². The largest absolute Gasteiger partial charge is 0.369 e. The first-order valence-corrected chi connectivity index (χ1v) is 5.36. The lowest BCUT2D eigenvalue weighted by molar-refractivity contribution is -0.144. The van der Waals surface area contributed by atoms with E-state index in [1.165, 1.54) is 0 Å². The first kappa shape index (κ1) is 8.69. The monoisotopic (exact) mass is 196 g/mol. The van der Waals surface area contributed by atoms with Gasteiger partial charge in [-0.05, 0) is 50.4 Å². The van der Waals surface area contributed by atoms with Gasteiger partial charge in [-0.2, -0.15) is 0 Å². The van der Waals surface area contributed by atoms with Crippen molar-refractivity contribution in [3.63, 3.8) is 0 Å². The zero-order valence-corrected chi connectivity index (χ0v) is 8.13. The van der Waals surface area contributed by atoms with Gasteiger partial charge in [0, 0.05) is 0 Å². The molecular formula is C11H15FNO. The number of primary amides is 1. The lowest BCUT2D eigenvalue weighted by Crippen LogP contribution is -2.58. The summed E-state index contributed by atoms with van der Waals surface area (Å²) in [6.45, 7) is 0. The van der Waals surface area contributed by atoms with Crippen molar-refractivity contribution in [1.82, 2.24) is 0 Å². The molecule has 4 rings (SSSR count). The van der Waals surface area contributed by atoms with E-state index >= 15 is 0 Å². The first-order chi connectivity index (χ1) is 6.51. The van der Waals surface area contributed by atoms with Crippen LogP contribution in [0.25, 0.3) is 0 Å². The number of hydrogen-bond donors (Lipinski definition) is 1. The predicted molar refractivity (Wildman–Crippen MR) is 49.8 cm³/mol. The number of carbonyl (C=O) groups is 1. The molecule has 0 heterocycles. The third kappa shape index (κ3) is 0.984. The molecule has 0 saturated heterocycles. The molecule has 2 nitrogen and oxygen atoms in total. The van der Waals surface area contributed by atoms with Crippen molar-refractivity contribution >= 4 is 5.91 Å². The number of nitrogens with two attached hydrogens (primary N) is 1. The van der Waals surface area contributed by atoms with Gasteiger partial charge in [0.25, 0.3) is 0 Å². The van der Waals surface area contributed by atoms with Gasteiger partial charge in [0.2, 0.25) is 5.91 Å². The van der Waals surface area contributed by atoms with E-state index in [9.17, 15) is 9.18 Å². The lowest BCUT2D eigenvalue weighted by atomic mass is 9.48. The fourth-order valence-corrected chi connectivity index (χ4v) is 4.09. The highest BCUT2D eigenvalue weighted by Crippen LogP contribution is 2.62. The molecule has 4 aliphatic rings. The number of carbonyl (C=O) groups excluding carboxylic acids is 1. The van der Waals surface area contributed by atoms with Crippen LogP contribution in [-0.4, -0.2) is 11.6 Å². The Bertz CT molecular complexity index is 288. The molecule has 4 saturated carbocycles. The van der Waals surface area contributed by atoms with Gasteiger partial charge < -0.3 is 5.73 Å². The minimum absolute atomic E-state index is 0.300. The third-order valence-corrected chi connectivity index (χ3v) is 4.25. The molecule has 1 amide bonds. The second kappa shape index (κ2) is 2.31. The number of hydrogen-bond acceptors (Lipinski definition) is 1. The summed E-state index contributed by atoms with van der Waals surface area (Å²) in [4.78, 5) is 11.4. The van der Waals surface area contributed by atoms with Crippen LogP contribution in [0.4, 0.5) is 4.39 Å². The second-order valence-corrected chi connectivity index (χ2v) is 5.49. The van der Waals surface area contributed by atoms with Gasteiger partial charge in [-0.1, -0.05) is 0 Å². The number of alkyl halides is 1. The van der Waals surface area contributed by atoms with Crippen molar-refractivity contribution in [2.75, 3.05) is 0 Å². The number of rotatable bonds is 1. The molecule has 1 radical (unpaired) electrons. The van der Waals surface area contributed by atoms with E-state index in [0.717, 1.165) is 12.8 Å². The molecule has 4 unspecified atom stereocenters. The summed E-state index contributed by atoms with van der Waals surface area (Å²) in [5.41, 5.74) is 3.73. The average molecular weight is 196 g/mol. The summed E-state index contributed by atoms with van der Waals surface area (Å²) in [5.74, 6) is 0.382. The average Bonchev–Trinajstić information content (AvgIpc) is 1.98. The highest BCUT2D eigenvalue weighted by molar-refractivity contribution is 5.83. The van der Waals surface area contributed by atoms with Gasteiger partial charge in [-0.15, -0.1) is 0 Å². The molecule has 0 aromatic heterocycles. The van der Waals surface area contributed by atoms with Crippen LogP contribution in [-0.2, 0) is 4.79 Å².